The van der Waals surface area contributed by atoms with E-state index in [1.54, 1.807) is 0 Å². The van der Waals surface area contributed by atoms with Crippen LogP contribution < -0.4 is 0 Å². The number of benzene rings is 7. The van der Waals surface area contributed by atoms with Crippen molar-refractivity contribution in [2.24, 2.45) is 0 Å². The summed E-state index contributed by atoms with van der Waals surface area (Å²) in [5, 5.41) is 4.87. The van der Waals surface area contributed by atoms with Crippen LogP contribution in [-0.2, 0) is 0 Å². The molecule has 0 aliphatic heterocycles. The molecule has 0 spiro atoms. The van der Waals surface area contributed by atoms with E-state index in [9.17, 15) is 0 Å². The van der Waals surface area contributed by atoms with Crippen molar-refractivity contribution in [2.75, 3.05) is 0 Å². The molecule has 0 radical (unpaired) electrons. The summed E-state index contributed by atoms with van der Waals surface area (Å²) in [6.45, 7) is 0. The molecule has 3 heteroatoms. The molecule has 3 nitrogen and oxygen atoms in total. The summed E-state index contributed by atoms with van der Waals surface area (Å²) in [6.07, 6.45) is 1.84. The Labute approximate surface area is 291 Å². The van der Waals surface area contributed by atoms with Crippen LogP contribution in [0.2, 0.25) is 0 Å². The summed E-state index contributed by atoms with van der Waals surface area (Å²) in [5.41, 5.74) is 11.3. The molecule has 50 heavy (non-hydrogen) atoms. The van der Waals surface area contributed by atoms with E-state index < -0.39 is 0 Å². The molecular formula is C47H31N3. The van der Waals surface area contributed by atoms with Crippen molar-refractivity contribution in [3.05, 3.63) is 188 Å². The molecule has 234 valence electrons. The minimum atomic E-state index is 0.680. The van der Waals surface area contributed by atoms with Gasteiger partial charge in [-0.2, -0.15) is 0 Å². The Bertz CT molecular complexity index is 2570. The van der Waals surface area contributed by atoms with Gasteiger partial charge >= 0.3 is 0 Å². The van der Waals surface area contributed by atoms with Gasteiger partial charge in [-0.3, -0.25) is 4.98 Å². The molecule has 0 saturated heterocycles. The van der Waals surface area contributed by atoms with Gasteiger partial charge in [-0.1, -0.05) is 127 Å². The maximum Gasteiger partial charge on any atom is 0.160 e. The molecule has 0 aliphatic carbocycles. The predicted octanol–water partition coefficient (Wildman–Crippen LogP) is 12.2. The fraction of sp³-hybridized carbons (Fsp3) is 0. The highest BCUT2D eigenvalue weighted by Crippen LogP contribution is 2.38. The first-order valence-corrected chi connectivity index (χ1v) is 16.8. The summed E-state index contributed by atoms with van der Waals surface area (Å²) < 4.78 is 0. The Balaban J connectivity index is 1.29. The molecule has 0 saturated carbocycles. The number of nitrogens with zero attached hydrogens (tertiary/aromatic N) is 3. The Hall–Kier alpha value is -6.71. The zero-order valence-electron chi connectivity index (χ0n) is 27.2. The quantitative estimate of drug-likeness (QED) is 0.170. The standard InChI is InChI=1S/C47H31N3/c1-3-13-32(14-4-1)45-31-46(33-15-5-2-6-16-33)50-47(49-45)41-28-39(35-19-11-21-38(26-35)44-23-9-10-24-48-44)27-40(29-41)42-22-12-20-37-25-34-17-7-8-18-36(34)30-43(37)42/h1-31H. The van der Waals surface area contributed by atoms with E-state index in [0.29, 0.717) is 5.82 Å². The third kappa shape index (κ3) is 5.72. The average molecular weight is 638 g/mol. The monoisotopic (exact) mass is 637 g/mol. The van der Waals surface area contributed by atoms with E-state index >= 15 is 0 Å². The molecule has 9 aromatic rings. The van der Waals surface area contributed by atoms with Crippen molar-refractivity contribution < 1.29 is 0 Å². The highest BCUT2D eigenvalue weighted by molar-refractivity contribution is 6.05. The minimum Gasteiger partial charge on any atom is -0.256 e. The maximum atomic E-state index is 5.22. The first-order valence-electron chi connectivity index (χ1n) is 16.8. The second kappa shape index (κ2) is 12.7. The highest BCUT2D eigenvalue weighted by Gasteiger charge is 2.15. The Morgan fingerprint density at radius 2 is 0.860 bits per heavy atom. The lowest BCUT2D eigenvalue weighted by molar-refractivity contribution is 1.18. The number of pyridine rings is 1. The van der Waals surface area contributed by atoms with Crippen LogP contribution >= 0.6 is 0 Å². The van der Waals surface area contributed by atoms with Gasteiger partial charge in [0.15, 0.2) is 5.82 Å². The molecule has 2 aromatic heterocycles. The van der Waals surface area contributed by atoms with Gasteiger partial charge in [0.1, 0.15) is 0 Å². The number of hydrogen-bond acceptors (Lipinski definition) is 3. The lowest BCUT2D eigenvalue weighted by Gasteiger charge is -2.15. The summed E-state index contributed by atoms with van der Waals surface area (Å²) in [5.74, 6) is 0.680. The van der Waals surface area contributed by atoms with Crippen LogP contribution in [0.25, 0.3) is 89.0 Å². The van der Waals surface area contributed by atoms with Crippen LogP contribution in [0.4, 0.5) is 0 Å². The van der Waals surface area contributed by atoms with E-state index in [4.69, 9.17) is 9.97 Å². The van der Waals surface area contributed by atoms with Crippen LogP contribution in [0.3, 0.4) is 0 Å². The van der Waals surface area contributed by atoms with Crippen molar-refractivity contribution in [3.63, 3.8) is 0 Å². The summed E-state index contributed by atoms with van der Waals surface area (Å²) in [7, 11) is 0. The van der Waals surface area contributed by atoms with Crippen LogP contribution in [0.15, 0.2) is 188 Å². The van der Waals surface area contributed by atoms with Crippen molar-refractivity contribution in [3.8, 4) is 67.4 Å². The molecule has 0 fully saturated rings. The Kier molecular flexibility index (Phi) is 7.49. The van der Waals surface area contributed by atoms with Crippen LogP contribution in [0.1, 0.15) is 0 Å². The smallest absolute Gasteiger partial charge is 0.160 e. The first-order chi connectivity index (χ1) is 24.7. The molecule has 0 amide bonds. The third-order valence-corrected chi connectivity index (χ3v) is 9.27. The van der Waals surface area contributed by atoms with Gasteiger partial charge in [-0.05, 0) is 98.4 Å². The topological polar surface area (TPSA) is 38.7 Å². The lowest BCUT2D eigenvalue weighted by atomic mass is 9.91. The normalized spacial score (nSPS) is 11.2. The Morgan fingerprint density at radius 3 is 1.58 bits per heavy atom. The number of aromatic nitrogens is 3. The van der Waals surface area contributed by atoms with Gasteiger partial charge in [0.25, 0.3) is 0 Å². The fourth-order valence-electron chi connectivity index (χ4n) is 6.78. The molecule has 0 aliphatic rings. The third-order valence-electron chi connectivity index (χ3n) is 9.27. The van der Waals surface area contributed by atoms with Crippen molar-refractivity contribution in [1.82, 2.24) is 15.0 Å². The van der Waals surface area contributed by atoms with Crippen LogP contribution in [-0.4, -0.2) is 15.0 Å². The number of fused-ring (bicyclic) bond motifs is 2. The largest absolute Gasteiger partial charge is 0.256 e. The van der Waals surface area contributed by atoms with Crippen LogP contribution in [0, 0.1) is 0 Å². The number of hydrogen-bond donors (Lipinski definition) is 0. The van der Waals surface area contributed by atoms with Crippen molar-refractivity contribution in [2.45, 2.75) is 0 Å². The van der Waals surface area contributed by atoms with E-state index in [0.717, 1.165) is 56.0 Å². The summed E-state index contributed by atoms with van der Waals surface area (Å²) in [6, 6.07) is 63.9. The molecular weight excluding hydrogens is 607 g/mol. The second-order valence-electron chi connectivity index (χ2n) is 12.5. The van der Waals surface area contributed by atoms with Crippen molar-refractivity contribution >= 4 is 21.5 Å². The first kappa shape index (κ1) is 29.4. The van der Waals surface area contributed by atoms with E-state index in [-0.39, 0.29) is 0 Å². The second-order valence-corrected chi connectivity index (χ2v) is 12.5. The minimum absolute atomic E-state index is 0.680. The van der Waals surface area contributed by atoms with Crippen LogP contribution in [0.5, 0.6) is 0 Å². The summed E-state index contributed by atoms with van der Waals surface area (Å²) >= 11 is 0. The zero-order valence-corrected chi connectivity index (χ0v) is 27.2. The molecule has 7 aromatic carbocycles. The summed E-state index contributed by atoms with van der Waals surface area (Å²) in [4.78, 5) is 15.1. The zero-order chi connectivity index (χ0) is 33.3. The molecule has 0 bridgehead atoms. The van der Waals surface area contributed by atoms with Gasteiger partial charge in [0.2, 0.25) is 0 Å². The highest BCUT2D eigenvalue weighted by atomic mass is 14.9. The van der Waals surface area contributed by atoms with Crippen molar-refractivity contribution in [1.29, 1.82) is 0 Å². The van der Waals surface area contributed by atoms with E-state index in [1.807, 2.05) is 30.5 Å². The van der Waals surface area contributed by atoms with E-state index in [2.05, 4.69) is 163 Å². The van der Waals surface area contributed by atoms with Gasteiger partial charge in [0.05, 0.1) is 17.1 Å². The molecule has 0 atom stereocenters. The fourth-order valence-corrected chi connectivity index (χ4v) is 6.78. The SMILES string of the molecule is c1ccc(-c2cc(-c3ccccc3)nc(-c3cc(-c4cccc(-c5ccccn5)c4)cc(-c4cccc5cc6ccccc6cc45)c3)n2)cc1. The van der Waals surface area contributed by atoms with Gasteiger partial charge in [-0.15, -0.1) is 0 Å². The maximum absolute atomic E-state index is 5.22. The lowest BCUT2D eigenvalue weighted by Crippen LogP contribution is -1.97. The van der Waals surface area contributed by atoms with E-state index in [1.165, 1.54) is 27.1 Å². The molecule has 0 N–H and O–H groups in total. The van der Waals surface area contributed by atoms with Gasteiger partial charge < -0.3 is 0 Å². The Morgan fingerprint density at radius 1 is 0.300 bits per heavy atom. The molecule has 0 unspecified atom stereocenters. The average Bonchev–Trinajstić information content (AvgIpc) is 3.20. The molecule has 2 heterocycles. The van der Waals surface area contributed by atoms with Gasteiger partial charge in [-0.25, -0.2) is 9.97 Å². The van der Waals surface area contributed by atoms with Gasteiger partial charge in [0, 0.05) is 28.5 Å². The predicted molar refractivity (Wildman–Crippen MR) is 207 cm³/mol. The molecule has 9 rings (SSSR count). The number of rotatable bonds is 6.